The lowest BCUT2D eigenvalue weighted by molar-refractivity contribution is -0.232. The summed E-state index contributed by atoms with van der Waals surface area (Å²) in [5.41, 5.74) is -0.656. The van der Waals surface area contributed by atoms with Gasteiger partial charge in [0.05, 0.1) is 12.1 Å². The third-order valence-corrected chi connectivity index (χ3v) is 5.38. The smallest absolute Gasteiger partial charge is 0.303 e. The van der Waals surface area contributed by atoms with Crippen molar-refractivity contribution in [2.75, 3.05) is 6.26 Å². The van der Waals surface area contributed by atoms with E-state index in [1.54, 1.807) is 11.2 Å². The van der Waals surface area contributed by atoms with E-state index in [-0.39, 0.29) is 18.0 Å². The van der Waals surface area contributed by atoms with E-state index in [0.717, 1.165) is 0 Å². The van der Waals surface area contributed by atoms with E-state index in [0.29, 0.717) is 0 Å². The molecule has 9 nitrogen and oxygen atoms in total. The van der Waals surface area contributed by atoms with Gasteiger partial charge in [-0.2, -0.15) is 0 Å². The summed E-state index contributed by atoms with van der Waals surface area (Å²) in [5.74, 6) is -1.92. The van der Waals surface area contributed by atoms with Crippen LogP contribution in [0, 0.1) is 0 Å². The minimum Gasteiger partial charge on any atom is -0.456 e. The molecule has 2 heterocycles. The van der Waals surface area contributed by atoms with Gasteiger partial charge in [-0.15, -0.1) is 11.8 Å². The maximum absolute atomic E-state index is 11.8. The Balaban J connectivity index is 2.41. The van der Waals surface area contributed by atoms with Crippen LogP contribution in [0.15, 0.2) is 0 Å². The molecule has 0 aromatic rings. The van der Waals surface area contributed by atoms with Gasteiger partial charge in [0.2, 0.25) is 5.91 Å². The Labute approximate surface area is 162 Å². The second kappa shape index (κ2) is 8.47. The Kier molecular flexibility index (Phi) is 6.74. The number of hydrogen-bond acceptors (Lipinski definition) is 9. The van der Waals surface area contributed by atoms with Crippen molar-refractivity contribution in [3.63, 3.8) is 0 Å². The molecule has 152 valence electrons. The van der Waals surface area contributed by atoms with Gasteiger partial charge in [-0.25, -0.2) is 0 Å². The minimum absolute atomic E-state index is 0.115. The highest BCUT2D eigenvalue weighted by Gasteiger charge is 2.61. The van der Waals surface area contributed by atoms with Crippen molar-refractivity contribution in [1.82, 2.24) is 4.90 Å². The molecule has 27 heavy (non-hydrogen) atoms. The Morgan fingerprint density at radius 1 is 0.852 bits per heavy atom. The van der Waals surface area contributed by atoms with Crippen molar-refractivity contribution in [3.8, 4) is 0 Å². The highest BCUT2D eigenvalue weighted by molar-refractivity contribution is 7.99. The Morgan fingerprint density at radius 3 is 1.74 bits per heavy atom. The van der Waals surface area contributed by atoms with Gasteiger partial charge in [0.25, 0.3) is 0 Å². The van der Waals surface area contributed by atoms with Crippen LogP contribution in [0.1, 0.15) is 34.6 Å². The third kappa shape index (κ3) is 4.73. The molecule has 10 heteroatoms. The van der Waals surface area contributed by atoms with Gasteiger partial charge >= 0.3 is 17.9 Å². The predicted molar refractivity (Wildman–Crippen MR) is 94.6 cm³/mol. The van der Waals surface area contributed by atoms with Crippen LogP contribution in [-0.4, -0.2) is 76.9 Å². The van der Waals surface area contributed by atoms with Crippen LogP contribution in [0.2, 0.25) is 0 Å². The van der Waals surface area contributed by atoms with Gasteiger partial charge in [-0.05, 0) is 13.2 Å². The molecule has 0 aromatic carbocycles. The number of hydrogen-bond donors (Lipinski definition) is 0. The van der Waals surface area contributed by atoms with E-state index in [1.807, 2.05) is 6.92 Å². The van der Waals surface area contributed by atoms with Crippen molar-refractivity contribution in [2.24, 2.45) is 0 Å². The van der Waals surface area contributed by atoms with Crippen LogP contribution in [0.4, 0.5) is 0 Å². The number of carbonyl (C=O) groups excluding carboxylic acids is 4. The lowest BCUT2D eigenvalue weighted by Crippen LogP contribution is -2.62. The molecular formula is C17H25NO8S. The van der Waals surface area contributed by atoms with Gasteiger partial charge in [-0.3, -0.25) is 19.2 Å². The molecule has 0 N–H and O–H groups in total. The molecule has 2 rings (SSSR count). The monoisotopic (exact) mass is 403 g/mol. The zero-order valence-electron chi connectivity index (χ0n) is 16.2. The molecule has 7 atom stereocenters. The minimum atomic E-state index is -1.05. The van der Waals surface area contributed by atoms with Gasteiger partial charge < -0.3 is 23.8 Å². The molecule has 1 amide bonds. The average molecular weight is 403 g/mol. The van der Waals surface area contributed by atoms with Crippen molar-refractivity contribution >= 4 is 35.6 Å². The van der Waals surface area contributed by atoms with Gasteiger partial charge in [0.1, 0.15) is 11.5 Å². The first-order valence-electron chi connectivity index (χ1n) is 8.57. The number of thioether (sulfide) groups is 1. The molecule has 0 spiro atoms. The van der Waals surface area contributed by atoms with Crippen molar-refractivity contribution in [3.05, 3.63) is 0 Å². The van der Waals surface area contributed by atoms with E-state index in [4.69, 9.17) is 18.9 Å². The highest BCUT2D eigenvalue weighted by atomic mass is 32.2. The largest absolute Gasteiger partial charge is 0.456 e. The normalized spacial score (nSPS) is 35.2. The molecule has 0 unspecified atom stereocenters. The fourth-order valence-electron chi connectivity index (χ4n) is 3.57. The maximum Gasteiger partial charge on any atom is 0.303 e. The summed E-state index contributed by atoms with van der Waals surface area (Å²) in [7, 11) is 0. The number of amides is 1. The van der Waals surface area contributed by atoms with Crippen molar-refractivity contribution in [1.29, 1.82) is 0 Å². The second-order valence-electron chi connectivity index (χ2n) is 6.58. The van der Waals surface area contributed by atoms with E-state index in [9.17, 15) is 19.2 Å². The van der Waals surface area contributed by atoms with Crippen molar-refractivity contribution in [2.45, 2.75) is 76.6 Å². The van der Waals surface area contributed by atoms with E-state index in [2.05, 4.69) is 0 Å². The summed E-state index contributed by atoms with van der Waals surface area (Å²) in [4.78, 5) is 48.4. The van der Waals surface area contributed by atoms with Crippen LogP contribution in [-0.2, 0) is 38.1 Å². The first-order valence-corrected chi connectivity index (χ1v) is 9.86. The molecule has 2 aliphatic rings. The van der Waals surface area contributed by atoms with Gasteiger partial charge in [0.15, 0.2) is 18.3 Å². The first kappa shape index (κ1) is 21.5. The van der Waals surface area contributed by atoms with Crippen LogP contribution in [0.25, 0.3) is 0 Å². The summed E-state index contributed by atoms with van der Waals surface area (Å²) >= 11 is 1.27. The first-order chi connectivity index (χ1) is 12.6. The summed E-state index contributed by atoms with van der Waals surface area (Å²) in [6, 6.07) is -0.450. The molecule has 0 aliphatic carbocycles. The molecule has 2 aliphatic heterocycles. The quantitative estimate of drug-likeness (QED) is 0.368. The highest BCUT2D eigenvalue weighted by Crippen LogP contribution is 2.41. The van der Waals surface area contributed by atoms with E-state index >= 15 is 0 Å². The van der Waals surface area contributed by atoms with Crippen molar-refractivity contribution < 1.29 is 38.1 Å². The second-order valence-corrected chi connectivity index (χ2v) is 7.52. The number of ether oxygens (including phenoxy) is 4. The molecule has 0 saturated carbocycles. The zero-order chi connectivity index (χ0) is 20.5. The van der Waals surface area contributed by atoms with Crippen LogP contribution in [0.5, 0.6) is 0 Å². The average Bonchev–Trinajstić information content (AvgIpc) is 3.20. The Bertz CT molecular complexity index is 626. The fourth-order valence-corrected chi connectivity index (χ4v) is 4.29. The SMILES string of the molecule is CS[C@@H]1O[C@H]([C@@H]2[C@H](C)N2C(C)=O)[C@H](OC(C)=O)[C@H](OC(C)=O)[C@@H]1OC(C)=O. The zero-order valence-corrected chi connectivity index (χ0v) is 17.0. The molecule has 2 saturated heterocycles. The summed E-state index contributed by atoms with van der Waals surface area (Å²) in [6.45, 7) is 6.97. The summed E-state index contributed by atoms with van der Waals surface area (Å²) in [6.07, 6.45) is -1.99. The number of esters is 3. The molecular weight excluding hydrogens is 378 g/mol. The topological polar surface area (TPSA) is 108 Å². The van der Waals surface area contributed by atoms with E-state index < -0.39 is 47.8 Å². The molecule has 2 fully saturated rings. The van der Waals surface area contributed by atoms with E-state index in [1.165, 1.54) is 39.5 Å². The fraction of sp³-hybridized carbons (Fsp3) is 0.765. The van der Waals surface area contributed by atoms with Gasteiger partial charge in [0, 0.05) is 27.7 Å². The lowest BCUT2D eigenvalue weighted by atomic mass is 9.95. The summed E-state index contributed by atoms with van der Waals surface area (Å²) < 4.78 is 22.2. The maximum atomic E-state index is 11.8. The van der Waals surface area contributed by atoms with Crippen LogP contribution >= 0.6 is 11.8 Å². The number of nitrogens with zero attached hydrogens (tertiary/aromatic N) is 1. The summed E-state index contributed by atoms with van der Waals surface area (Å²) in [5, 5.41) is 0. The Morgan fingerprint density at radius 2 is 1.33 bits per heavy atom. The standard InChI is InChI=1S/C17H25NO8S/c1-7-12(18(7)8(2)19)13-14(23-9(3)20)15(24-10(4)21)16(25-11(5)22)17(26-13)27-6/h7,12-17H,1-6H3/t7-,12-,13+,14-,15-,16-,17-,18?/m0/s1. The van der Waals surface area contributed by atoms with Crippen LogP contribution in [0.3, 0.4) is 0 Å². The number of carbonyl (C=O) groups is 4. The van der Waals surface area contributed by atoms with Crippen LogP contribution < -0.4 is 0 Å². The van der Waals surface area contributed by atoms with Gasteiger partial charge in [-0.1, -0.05) is 0 Å². The molecule has 0 bridgehead atoms. The lowest BCUT2D eigenvalue weighted by Gasteiger charge is -2.44. The molecule has 0 aromatic heterocycles. The Hall–Kier alpha value is -1.81. The predicted octanol–water partition coefficient (Wildman–Crippen LogP) is 0.489. The molecule has 0 radical (unpaired) electrons. The third-order valence-electron chi connectivity index (χ3n) is 4.53. The number of rotatable bonds is 5.